The van der Waals surface area contributed by atoms with Gasteiger partial charge in [-0.15, -0.1) is 0 Å². The Labute approximate surface area is 95.9 Å². The molecule has 0 aliphatic heterocycles. The van der Waals surface area contributed by atoms with Gasteiger partial charge in [-0.2, -0.15) is 0 Å². The Morgan fingerprint density at radius 1 is 1.38 bits per heavy atom. The van der Waals surface area contributed by atoms with Crippen molar-refractivity contribution in [1.29, 1.82) is 0 Å². The molecule has 16 heavy (non-hydrogen) atoms. The number of thiazole rings is 1. The Bertz CT molecular complexity index is 510. The summed E-state index contributed by atoms with van der Waals surface area (Å²) in [5, 5.41) is 14.3. The Hall–Kier alpha value is -1.95. The quantitative estimate of drug-likeness (QED) is 0.656. The summed E-state index contributed by atoms with van der Waals surface area (Å²) in [6.07, 6.45) is 0. The monoisotopic (exact) mass is 235 g/mol. The van der Waals surface area contributed by atoms with Gasteiger partial charge in [0.1, 0.15) is 0 Å². The molecule has 0 fully saturated rings. The van der Waals surface area contributed by atoms with Gasteiger partial charge < -0.3 is 5.32 Å². The lowest BCUT2D eigenvalue weighted by molar-refractivity contribution is -0.379. The first-order valence-electron chi connectivity index (χ1n) is 4.60. The van der Waals surface area contributed by atoms with Crippen LogP contribution >= 0.6 is 11.3 Å². The molecule has 0 radical (unpaired) electrons. The van der Waals surface area contributed by atoms with E-state index < -0.39 is 4.92 Å². The zero-order valence-corrected chi connectivity index (χ0v) is 9.32. The lowest BCUT2D eigenvalue weighted by Crippen LogP contribution is -1.88. The van der Waals surface area contributed by atoms with E-state index in [-0.39, 0.29) is 5.00 Å². The van der Waals surface area contributed by atoms with Gasteiger partial charge in [0, 0.05) is 12.6 Å². The van der Waals surface area contributed by atoms with E-state index >= 15 is 0 Å². The topological polar surface area (TPSA) is 68.1 Å². The maximum atomic E-state index is 10.9. The van der Waals surface area contributed by atoms with E-state index in [2.05, 4.69) is 10.3 Å². The highest BCUT2D eigenvalue weighted by atomic mass is 32.1. The molecule has 0 saturated heterocycles. The first kappa shape index (κ1) is 10.6. The van der Waals surface area contributed by atoms with E-state index in [4.69, 9.17) is 0 Å². The molecule has 0 unspecified atom stereocenters. The van der Waals surface area contributed by atoms with Crippen LogP contribution in [0.4, 0.5) is 10.1 Å². The molecule has 0 atom stereocenters. The molecule has 1 aromatic carbocycles. The van der Waals surface area contributed by atoms with Crippen LogP contribution in [0.3, 0.4) is 0 Å². The molecule has 1 N–H and O–H groups in total. The predicted molar refractivity (Wildman–Crippen MR) is 63.8 cm³/mol. The van der Waals surface area contributed by atoms with Crippen LogP contribution in [0.2, 0.25) is 0 Å². The average Bonchev–Trinajstić information content (AvgIpc) is 2.74. The second-order valence-corrected chi connectivity index (χ2v) is 4.02. The van der Waals surface area contributed by atoms with Crippen molar-refractivity contribution >= 4 is 21.5 Å². The van der Waals surface area contributed by atoms with Crippen LogP contribution in [0, 0.1) is 10.1 Å². The fourth-order valence-electron chi connectivity index (χ4n) is 1.33. The highest BCUT2D eigenvalue weighted by Gasteiger charge is 2.21. The molecule has 0 amide bonds. The van der Waals surface area contributed by atoms with Gasteiger partial charge in [-0.05, 0) is 11.3 Å². The highest BCUT2D eigenvalue weighted by Crippen LogP contribution is 2.36. The number of hydrogen-bond acceptors (Lipinski definition) is 5. The number of rotatable bonds is 3. The molecular formula is C10H9N3O2S. The molecular weight excluding hydrogens is 226 g/mol. The zero-order chi connectivity index (χ0) is 11.5. The van der Waals surface area contributed by atoms with Crippen molar-refractivity contribution in [3.05, 3.63) is 40.4 Å². The second-order valence-electron chi connectivity index (χ2n) is 3.05. The number of anilines is 1. The minimum Gasteiger partial charge on any atom is -0.364 e. The summed E-state index contributed by atoms with van der Waals surface area (Å²) < 4.78 is 0. The van der Waals surface area contributed by atoms with E-state index in [1.54, 1.807) is 7.05 Å². The molecule has 2 aromatic rings. The standard InChI is InChI=1S/C10H9N3O2S/c1-11-10-12-8(9(16-10)13(14)15)7-5-3-2-4-6-7/h2-6H,1H3,(H,11,12). The summed E-state index contributed by atoms with van der Waals surface area (Å²) in [4.78, 5) is 14.7. The van der Waals surface area contributed by atoms with Crippen molar-refractivity contribution in [2.45, 2.75) is 0 Å². The van der Waals surface area contributed by atoms with E-state index in [9.17, 15) is 10.1 Å². The van der Waals surface area contributed by atoms with Crippen LogP contribution in [0.5, 0.6) is 0 Å². The molecule has 1 heterocycles. The molecule has 2 rings (SSSR count). The number of nitro groups is 1. The molecule has 82 valence electrons. The van der Waals surface area contributed by atoms with Gasteiger partial charge in [0.15, 0.2) is 10.8 Å². The fourth-order valence-corrected chi connectivity index (χ4v) is 2.08. The minimum atomic E-state index is -0.402. The van der Waals surface area contributed by atoms with Crippen molar-refractivity contribution in [3.8, 4) is 11.3 Å². The average molecular weight is 235 g/mol. The summed E-state index contributed by atoms with van der Waals surface area (Å²) in [6, 6.07) is 9.14. The largest absolute Gasteiger partial charge is 0.364 e. The van der Waals surface area contributed by atoms with Crippen LogP contribution in [-0.2, 0) is 0 Å². The molecule has 0 aliphatic carbocycles. The van der Waals surface area contributed by atoms with Gasteiger partial charge in [-0.25, -0.2) is 4.98 Å². The van der Waals surface area contributed by atoms with Gasteiger partial charge in [0.05, 0.1) is 4.92 Å². The summed E-state index contributed by atoms with van der Waals surface area (Å²) in [5.41, 5.74) is 1.17. The Balaban J connectivity index is 2.55. The van der Waals surface area contributed by atoms with Crippen LogP contribution < -0.4 is 5.32 Å². The predicted octanol–water partition coefficient (Wildman–Crippen LogP) is 2.76. The van der Waals surface area contributed by atoms with Crippen molar-refractivity contribution in [2.75, 3.05) is 12.4 Å². The van der Waals surface area contributed by atoms with E-state index in [0.717, 1.165) is 16.9 Å². The summed E-state index contributed by atoms with van der Waals surface area (Å²) >= 11 is 1.04. The van der Waals surface area contributed by atoms with Crippen molar-refractivity contribution in [3.63, 3.8) is 0 Å². The lowest BCUT2D eigenvalue weighted by Gasteiger charge is -1.94. The van der Waals surface area contributed by atoms with Gasteiger partial charge in [-0.3, -0.25) is 10.1 Å². The molecule has 0 saturated carbocycles. The summed E-state index contributed by atoms with van der Waals surface area (Å²) in [5.74, 6) is 0. The number of benzene rings is 1. The summed E-state index contributed by atoms with van der Waals surface area (Å²) in [6.45, 7) is 0. The maximum absolute atomic E-state index is 10.9. The fraction of sp³-hybridized carbons (Fsp3) is 0.100. The summed E-state index contributed by atoms with van der Waals surface area (Å²) in [7, 11) is 1.69. The highest BCUT2D eigenvalue weighted by molar-refractivity contribution is 7.19. The van der Waals surface area contributed by atoms with Gasteiger partial charge in [0.2, 0.25) is 0 Å². The Kier molecular flexibility index (Phi) is 2.82. The molecule has 0 spiro atoms. The normalized spacial score (nSPS) is 10.1. The van der Waals surface area contributed by atoms with Crippen LogP contribution in [0.1, 0.15) is 0 Å². The SMILES string of the molecule is CNc1nc(-c2ccccc2)c([N+](=O)[O-])s1. The third-order valence-corrected chi connectivity index (χ3v) is 3.06. The molecule has 0 aliphatic rings. The van der Waals surface area contributed by atoms with Crippen molar-refractivity contribution in [1.82, 2.24) is 4.98 Å². The molecule has 6 heteroatoms. The Morgan fingerprint density at radius 2 is 2.06 bits per heavy atom. The number of nitrogens with one attached hydrogen (secondary N) is 1. The minimum absolute atomic E-state index is 0.0653. The van der Waals surface area contributed by atoms with E-state index in [1.165, 1.54) is 0 Å². The smallest absolute Gasteiger partial charge is 0.353 e. The zero-order valence-electron chi connectivity index (χ0n) is 8.51. The number of hydrogen-bond donors (Lipinski definition) is 1. The van der Waals surface area contributed by atoms with Crippen LogP contribution in [0.25, 0.3) is 11.3 Å². The van der Waals surface area contributed by atoms with E-state index in [0.29, 0.717) is 10.8 Å². The molecule has 1 aromatic heterocycles. The van der Waals surface area contributed by atoms with E-state index in [1.807, 2.05) is 30.3 Å². The van der Waals surface area contributed by atoms with Crippen molar-refractivity contribution in [2.24, 2.45) is 0 Å². The number of nitrogens with zero attached hydrogens (tertiary/aromatic N) is 2. The van der Waals surface area contributed by atoms with Gasteiger partial charge in [-0.1, -0.05) is 30.3 Å². The third kappa shape index (κ3) is 1.87. The van der Waals surface area contributed by atoms with Gasteiger partial charge in [0.25, 0.3) is 0 Å². The molecule has 5 nitrogen and oxygen atoms in total. The lowest BCUT2D eigenvalue weighted by atomic mass is 10.2. The van der Waals surface area contributed by atoms with Crippen LogP contribution in [0.15, 0.2) is 30.3 Å². The first-order valence-corrected chi connectivity index (χ1v) is 5.42. The third-order valence-electron chi connectivity index (χ3n) is 2.04. The second kappa shape index (κ2) is 4.28. The molecule has 0 bridgehead atoms. The maximum Gasteiger partial charge on any atom is 0.353 e. The first-order chi connectivity index (χ1) is 7.72. The number of aromatic nitrogens is 1. The van der Waals surface area contributed by atoms with Crippen LogP contribution in [-0.4, -0.2) is 17.0 Å². The van der Waals surface area contributed by atoms with Gasteiger partial charge >= 0.3 is 5.00 Å². The van der Waals surface area contributed by atoms with Crippen molar-refractivity contribution < 1.29 is 4.92 Å². The Morgan fingerprint density at radius 3 is 2.62 bits per heavy atom.